The third-order valence-electron chi connectivity index (χ3n) is 2.72. The van der Waals surface area contributed by atoms with Gasteiger partial charge in [-0.1, -0.05) is 0 Å². The number of methoxy groups -OCH3 is 1. The zero-order chi connectivity index (χ0) is 15.4. The van der Waals surface area contributed by atoms with Gasteiger partial charge in [-0.2, -0.15) is 0 Å². The molecule has 0 atom stereocenters. The van der Waals surface area contributed by atoms with E-state index in [9.17, 15) is 4.79 Å². The van der Waals surface area contributed by atoms with Crippen LogP contribution in [0.15, 0.2) is 41.0 Å². The first-order valence-corrected chi connectivity index (χ1v) is 6.99. The van der Waals surface area contributed by atoms with E-state index in [1.165, 1.54) is 4.90 Å². The molecule has 21 heavy (non-hydrogen) atoms. The number of rotatable bonds is 4. The quantitative estimate of drug-likeness (QED) is 0.848. The SMILES string of the molecule is COc1ccc(Oc2ccnc(C(=O)N(C)C)c2)c(Br)c1. The molecule has 0 aliphatic heterocycles. The van der Waals surface area contributed by atoms with E-state index in [4.69, 9.17) is 9.47 Å². The number of pyridine rings is 1. The number of hydrogen-bond donors (Lipinski definition) is 0. The summed E-state index contributed by atoms with van der Waals surface area (Å²) in [4.78, 5) is 17.4. The highest BCUT2D eigenvalue weighted by molar-refractivity contribution is 9.10. The van der Waals surface area contributed by atoms with Gasteiger partial charge in [0, 0.05) is 26.4 Å². The van der Waals surface area contributed by atoms with Crippen LogP contribution in [0, 0.1) is 0 Å². The lowest BCUT2D eigenvalue weighted by Gasteiger charge is -2.12. The molecule has 0 aliphatic rings. The van der Waals surface area contributed by atoms with Gasteiger partial charge in [-0.05, 0) is 40.2 Å². The van der Waals surface area contributed by atoms with E-state index in [0.717, 1.165) is 10.2 Å². The Hall–Kier alpha value is -2.08. The zero-order valence-electron chi connectivity index (χ0n) is 12.0. The second-order valence-electron chi connectivity index (χ2n) is 4.47. The van der Waals surface area contributed by atoms with Crippen LogP contribution in [0.4, 0.5) is 0 Å². The van der Waals surface area contributed by atoms with E-state index in [-0.39, 0.29) is 5.91 Å². The van der Waals surface area contributed by atoms with Crippen molar-refractivity contribution in [2.45, 2.75) is 0 Å². The molecule has 0 unspecified atom stereocenters. The van der Waals surface area contributed by atoms with E-state index < -0.39 is 0 Å². The molecular weight excluding hydrogens is 336 g/mol. The Bertz CT molecular complexity index is 659. The number of nitrogens with zero attached hydrogens (tertiary/aromatic N) is 2. The summed E-state index contributed by atoms with van der Waals surface area (Å²) in [7, 11) is 4.96. The van der Waals surface area contributed by atoms with Crippen molar-refractivity contribution < 1.29 is 14.3 Å². The van der Waals surface area contributed by atoms with Crippen molar-refractivity contribution in [1.82, 2.24) is 9.88 Å². The minimum absolute atomic E-state index is 0.172. The molecule has 1 aromatic carbocycles. The van der Waals surface area contributed by atoms with Crippen LogP contribution in [-0.4, -0.2) is 37.0 Å². The lowest BCUT2D eigenvalue weighted by Crippen LogP contribution is -2.22. The first-order chi connectivity index (χ1) is 10.0. The fourth-order valence-electron chi connectivity index (χ4n) is 1.64. The number of halogens is 1. The summed E-state index contributed by atoms with van der Waals surface area (Å²) >= 11 is 3.42. The molecule has 0 bridgehead atoms. The number of aromatic nitrogens is 1. The van der Waals surface area contributed by atoms with Crippen LogP contribution >= 0.6 is 15.9 Å². The topological polar surface area (TPSA) is 51.7 Å². The van der Waals surface area contributed by atoms with Gasteiger partial charge in [-0.25, -0.2) is 0 Å². The molecule has 5 nitrogen and oxygen atoms in total. The Morgan fingerprint density at radius 2 is 1.95 bits per heavy atom. The Labute approximate surface area is 131 Å². The molecule has 6 heteroatoms. The van der Waals surface area contributed by atoms with Gasteiger partial charge in [0.15, 0.2) is 0 Å². The van der Waals surface area contributed by atoms with E-state index in [2.05, 4.69) is 20.9 Å². The van der Waals surface area contributed by atoms with Gasteiger partial charge in [-0.3, -0.25) is 9.78 Å². The van der Waals surface area contributed by atoms with E-state index in [1.807, 2.05) is 6.07 Å². The van der Waals surface area contributed by atoms with Gasteiger partial charge in [-0.15, -0.1) is 0 Å². The molecule has 2 rings (SSSR count). The summed E-state index contributed by atoms with van der Waals surface area (Å²) < 4.78 is 11.7. The summed E-state index contributed by atoms with van der Waals surface area (Å²) in [6.45, 7) is 0. The van der Waals surface area contributed by atoms with Crippen LogP contribution in [-0.2, 0) is 0 Å². The van der Waals surface area contributed by atoms with Crippen molar-refractivity contribution in [3.8, 4) is 17.2 Å². The number of benzene rings is 1. The van der Waals surface area contributed by atoms with E-state index >= 15 is 0 Å². The molecule has 0 fully saturated rings. The molecule has 0 saturated carbocycles. The molecule has 0 spiro atoms. The maximum atomic E-state index is 11.9. The lowest BCUT2D eigenvalue weighted by molar-refractivity contribution is 0.0821. The molecule has 1 amide bonds. The second kappa shape index (κ2) is 6.58. The Balaban J connectivity index is 2.24. The summed E-state index contributed by atoms with van der Waals surface area (Å²) in [5, 5.41) is 0. The third-order valence-corrected chi connectivity index (χ3v) is 3.34. The lowest BCUT2D eigenvalue weighted by atomic mass is 10.3. The average molecular weight is 351 g/mol. The summed E-state index contributed by atoms with van der Waals surface area (Å²) in [5.74, 6) is 1.73. The zero-order valence-corrected chi connectivity index (χ0v) is 13.5. The van der Waals surface area contributed by atoms with Gasteiger partial charge < -0.3 is 14.4 Å². The molecule has 0 saturated heterocycles. The summed E-state index contributed by atoms with van der Waals surface area (Å²) in [5.41, 5.74) is 0.335. The number of amides is 1. The van der Waals surface area contributed by atoms with Crippen molar-refractivity contribution in [3.63, 3.8) is 0 Å². The Morgan fingerprint density at radius 1 is 1.19 bits per heavy atom. The largest absolute Gasteiger partial charge is 0.497 e. The highest BCUT2D eigenvalue weighted by Gasteiger charge is 2.11. The van der Waals surface area contributed by atoms with Crippen LogP contribution in [0.5, 0.6) is 17.2 Å². The summed E-state index contributed by atoms with van der Waals surface area (Å²) in [6, 6.07) is 8.70. The maximum Gasteiger partial charge on any atom is 0.272 e. The van der Waals surface area contributed by atoms with Crippen LogP contribution in [0.3, 0.4) is 0 Å². The van der Waals surface area contributed by atoms with Gasteiger partial charge in [0.05, 0.1) is 11.6 Å². The van der Waals surface area contributed by atoms with Crippen molar-refractivity contribution in [2.24, 2.45) is 0 Å². The minimum atomic E-state index is -0.172. The molecule has 0 N–H and O–H groups in total. The average Bonchev–Trinajstić information content (AvgIpc) is 2.48. The van der Waals surface area contributed by atoms with Crippen molar-refractivity contribution in [3.05, 3.63) is 46.7 Å². The number of hydrogen-bond acceptors (Lipinski definition) is 4. The van der Waals surface area contributed by atoms with Crippen LogP contribution in [0.1, 0.15) is 10.5 Å². The minimum Gasteiger partial charge on any atom is -0.497 e. The molecule has 1 aromatic heterocycles. The van der Waals surface area contributed by atoms with Gasteiger partial charge >= 0.3 is 0 Å². The maximum absolute atomic E-state index is 11.9. The Kier molecular flexibility index (Phi) is 4.80. The van der Waals surface area contributed by atoms with Crippen molar-refractivity contribution in [2.75, 3.05) is 21.2 Å². The molecule has 1 heterocycles. The van der Waals surface area contributed by atoms with Gasteiger partial charge in [0.25, 0.3) is 5.91 Å². The van der Waals surface area contributed by atoms with Crippen molar-refractivity contribution in [1.29, 1.82) is 0 Å². The molecule has 2 aromatic rings. The highest BCUT2D eigenvalue weighted by Crippen LogP contribution is 2.32. The van der Waals surface area contributed by atoms with E-state index in [0.29, 0.717) is 17.2 Å². The Morgan fingerprint density at radius 3 is 2.57 bits per heavy atom. The van der Waals surface area contributed by atoms with E-state index in [1.54, 1.807) is 51.7 Å². The standard InChI is InChI=1S/C15H15BrN2O3/c1-18(2)15(19)13-9-11(6-7-17-13)21-14-5-4-10(20-3)8-12(14)16/h4-9H,1-3H3. The fraction of sp³-hybridized carbons (Fsp3) is 0.200. The normalized spacial score (nSPS) is 10.1. The molecular formula is C15H15BrN2O3. The number of carbonyl (C=O) groups is 1. The predicted octanol–water partition coefficient (Wildman–Crippen LogP) is 3.35. The smallest absolute Gasteiger partial charge is 0.272 e. The van der Waals surface area contributed by atoms with Gasteiger partial charge in [0.2, 0.25) is 0 Å². The number of ether oxygens (including phenoxy) is 2. The molecule has 0 radical (unpaired) electrons. The fourth-order valence-corrected chi connectivity index (χ4v) is 2.08. The van der Waals surface area contributed by atoms with Gasteiger partial charge in [0.1, 0.15) is 22.9 Å². The monoisotopic (exact) mass is 350 g/mol. The second-order valence-corrected chi connectivity index (χ2v) is 5.33. The summed E-state index contributed by atoms with van der Waals surface area (Å²) in [6.07, 6.45) is 1.55. The molecule has 110 valence electrons. The van der Waals surface area contributed by atoms with Crippen LogP contribution in [0.2, 0.25) is 0 Å². The first kappa shape index (κ1) is 15.3. The number of carbonyl (C=O) groups excluding carboxylic acids is 1. The predicted molar refractivity (Wildman–Crippen MR) is 83.0 cm³/mol. The molecule has 0 aliphatic carbocycles. The van der Waals surface area contributed by atoms with Crippen molar-refractivity contribution >= 4 is 21.8 Å². The third kappa shape index (κ3) is 3.72. The van der Waals surface area contributed by atoms with Crippen LogP contribution < -0.4 is 9.47 Å². The highest BCUT2D eigenvalue weighted by atomic mass is 79.9. The van der Waals surface area contributed by atoms with Crippen LogP contribution in [0.25, 0.3) is 0 Å². The first-order valence-electron chi connectivity index (χ1n) is 6.20.